The zero-order valence-electron chi connectivity index (χ0n) is 7.27. The van der Waals surface area contributed by atoms with Crippen LogP contribution in [0.5, 0.6) is 0 Å². The molecule has 0 radical (unpaired) electrons. The van der Waals surface area contributed by atoms with Crippen LogP contribution in [0.15, 0.2) is 0 Å². The molecule has 0 aromatic heterocycles. The van der Waals surface area contributed by atoms with Crippen LogP contribution in [0.25, 0.3) is 0 Å². The maximum atomic E-state index is 10.8. The summed E-state index contributed by atoms with van der Waals surface area (Å²) in [5.74, 6) is 0.435. The van der Waals surface area contributed by atoms with Crippen LogP contribution in [0.4, 0.5) is 0 Å². The van der Waals surface area contributed by atoms with E-state index in [1.54, 1.807) is 0 Å². The second-order valence-electron chi connectivity index (χ2n) is 3.19. The molecule has 0 spiro atoms. The highest BCUT2D eigenvalue weighted by molar-refractivity contribution is 7.33. The number of aliphatic hydroxyl groups excluding tert-OH is 1. The van der Waals surface area contributed by atoms with Crippen molar-refractivity contribution in [2.24, 2.45) is 5.92 Å². The zero-order valence-corrected chi connectivity index (χ0v) is 8.16. The largest absolute Gasteiger partial charge is 0.697 e. The molecule has 0 heterocycles. The monoisotopic (exact) mass is 193 g/mol. The lowest BCUT2D eigenvalue weighted by Crippen LogP contribution is -2.19. The molecule has 1 rings (SSSR count). The van der Waals surface area contributed by atoms with Crippen LogP contribution >= 0.6 is 8.25 Å². The molecule has 4 atom stereocenters. The maximum Gasteiger partial charge on any atom is 0.697 e. The fraction of sp³-hybridized carbons (Fsp3) is 1.00. The van der Waals surface area contributed by atoms with Crippen molar-refractivity contribution in [3.05, 3.63) is 0 Å². The Labute approximate surface area is 72.8 Å². The fourth-order valence-corrected chi connectivity index (χ4v) is 2.01. The lowest BCUT2D eigenvalue weighted by atomic mass is 10.1. The van der Waals surface area contributed by atoms with Crippen LogP contribution in [-0.4, -0.2) is 24.4 Å². The molecular weight excluding hydrogens is 179 g/mol. The van der Waals surface area contributed by atoms with Crippen molar-refractivity contribution in [3.63, 3.8) is 0 Å². The minimum absolute atomic E-state index is 0.316. The van der Waals surface area contributed by atoms with E-state index >= 15 is 0 Å². The first-order valence-electron chi connectivity index (χ1n) is 3.99. The Kier molecular flexibility index (Phi) is 3.59. The first-order chi connectivity index (χ1) is 5.63. The quantitative estimate of drug-likeness (QED) is 0.689. The molecule has 0 aromatic rings. The summed E-state index contributed by atoms with van der Waals surface area (Å²) in [5, 5.41) is 9.39. The van der Waals surface area contributed by atoms with Crippen LogP contribution < -0.4 is 0 Å². The van der Waals surface area contributed by atoms with E-state index in [0.717, 1.165) is 12.8 Å². The van der Waals surface area contributed by atoms with Crippen LogP contribution in [0, 0.1) is 5.92 Å². The van der Waals surface area contributed by atoms with Gasteiger partial charge in [0, 0.05) is 4.57 Å². The lowest BCUT2D eigenvalue weighted by Gasteiger charge is -2.04. The minimum atomic E-state index is -2.05. The van der Waals surface area contributed by atoms with Gasteiger partial charge in [-0.15, -0.1) is 9.05 Å². The standard InChI is InChI=1S/C7H14O4P/c1-5-3-6(8)7(4-5)11-12(9)10-2/h5-8H,3-4H2,1-2H3/q+1. The predicted octanol–water partition coefficient (Wildman–Crippen LogP) is 1.47. The predicted molar refractivity (Wildman–Crippen MR) is 43.9 cm³/mol. The second kappa shape index (κ2) is 4.28. The molecule has 0 amide bonds. The van der Waals surface area contributed by atoms with Gasteiger partial charge in [0.05, 0.1) is 13.2 Å². The van der Waals surface area contributed by atoms with Crippen LogP contribution in [-0.2, 0) is 13.6 Å². The lowest BCUT2D eigenvalue weighted by molar-refractivity contribution is 0.0555. The molecule has 70 valence electrons. The summed E-state index contributed by atoms with van der Waals surface area (Å²) in [7, 11) is -0.722. The van der Waals surface area contributed by atoms with Gasteiger partial charge < -0.3 is 5.11 Å². The van der Waals surface area contributed by atoms with Crippen molar-refractivity contribution in [1.29, 1.82) is 0 Å². The highest BCUT2D eigenvalue weighted by Gasteiger charge is 2.38. The van der Waals surface area contributed by atoms with E-state index < -0.39 is 14.4 Å². The molecule has 0 aliphatic heterocycles. The number of rotatable bonds is 3. The minimum Gasteiger partial charge on any atom is -0.390 e. The van der Waals surface area contributed by atoms with Gasteiger partial charge in [0.15, 0.2) is 0 Å². The van der Waals surface area contributed by atoms with Gasteiger partial charge >= 0.3 is 8.25 Å². The van der Waals surface area contributed by atoms with Crippen molar-refractivity contribution >= 4 is 8.25 Å². The number of hydrogen-bond acceptors (Lipinski definition) is 4. The van der Waals surface area contributed by atoms with E-state index in [9.17, 15) is 9.67 Å². The topological polar surface area (TPSA) is 55.8 Å². The number of aliphatic hydroxyl groups is 1. The zero-order chi connectivity index (χ0) is 9.14. The van der Waals surface area contributed by atoms with E-state index in [2.05, 4.69) is 4.52 Å². The van der Waals surface area contributed by atoms with Crippen molar-refractivity contribution in [3.8, 4) is 0 Å². The summed E-state index contributed by atoms with van der Waals surface area (Å²) in [5.41, 5.74) is 0. The molecule has 1 fully saturated rings. The van der Waals surface area contributed by atoms with Gasteiger partial charge in [0.1, 0.15) is 6.10 Å². The third kappa shape index (κ3) is 2.49. The van der Waals surface area contributed by atoms with E-state index in [1.807, 2.05) is 6.92 Å². The second-order valence-corrected chi connectivity index (χ2v) is 4.22. The molecular formula is C7H14O4P+. The van der Waals surface area contributed by atoms with Crippen molar-refractivity contribution in [2.45, 2.75) is 32.0 Å². The van der Waals surface area contributed by atoms with Gasteiger partial charge in [-0.3, -0.25) is 0 Å². The first-order valence-corrected chi connectivity index (χ1v) is 5.09. The van der Waals surface area contributed by atoms with Gasteiger partial charge in [-0.1, -0.05) is 6.92 Å². The van der Waals surface area contributed by atoms with Crippen molar-refractivity contribution in [1.82, 2.24) is 0 Å². The summed E-state index contributed by atoms with van der Waals surface area (Å²) >= 11 is 0. The third-order valence-electron chi connectivity index (χ3n) is 2.08. The normalized spacial score (nSPS) is 36.9. The summed E-state index contributed by atoms with van der Waals surface area (Å²) in [6.07, 6.45) is 0.668. The summed E-state index contributed by atoms with van der Waals surface area (Å²) < 4.78 is 20.3. The van der Waals surface area contributed by atoms with E-state index in [1.165, 1.54) is 7.11 Å². The molecule has 0 bridgehead atoms. The highest BCUT2D eigenvalue weighted by Crippen LogP contribution is 2.35. The van der Waals surface area contributed by atoms with Gasteiger partial charge in [0.2, 0.25) is 0 Å². The average Bonchev–Trinajstić information content (AvgIpc) is 2.30. The molecule has 1 N–H and O–H groups in total. The molecule has 1 saturated carbocycles. The molecule has 4 nitrogen and oxygen atoms in total. The third-order valence-corrected chi connectivity index (χ3v) is 2.82. The van der Waals surface area contributed by atoms with E-state index in [4.69, 9.17) is 4.52 Å². The Morgan fingerprint density at radius 3 is 2.58 bits per heavy atom. The Balaban J connectivity index is 2.37. The molecule has 1 aliphatic carbocycles. The highest BCUT2D eigenvalue weighted by atomic mass is 31.1. The van der Waals surface area contributed by atoms with Crippen LogP contribution in [0.1, 0.15) is 19.8 Å². The van der Waals surface area contributed by atoms with Gasteiger partial charge in [0.25, 0.3) is 0 Å². The summed E-state index contributed by atoms with van der Waals surface area (Å²) in [6.45, 7) is 2.03. The van der Waals surface area contributed by atoms with Crippen LogP contribution in [0.3, 0.4) is 0 Å². The smallest absolute Gasteiger partial charge is 0.390 e. The molecule has 1 aliphatic rings. The van der Waals surface area contributed by atoms with Gasteiger partial charge in [-0.2, -0.15) is 0 Å². The van der Waals surface area contributed by atoms with Crippen molar-refractivity contribution < 1.29 is 18.7 Å². The van der Waals surface area contributed by atoms with E-state index in [-0.39, 0.29) is 6.10 Å². The summed E-state index contributed by atoms with van der Waals surface area (Å²) in [6, 6.07) is 0. The molecule has 0 aromatic carbocycles. The van der Waals surface area contributed by atoms with Gasteiger partial charge in [-0.25, -0.2) is 0 Å². The molecule has 0 saturated heterocycles. The first kappa shape index (κ1) is 10.1. The Hall–Kier alpha value is -0.0200. The van der Waals surface area contributed by atoms with Crippen LogP contribution in [0.2, 0.25) is 0 Å². The number of hydrogen-bond donors (Lipinski definition) is 1. The SMILES string of the molecule is CO[P+](=O)OC1CC(C)CC1O. The molecule has 4 unspecified atom stereocenters. The fourth-order valence-electron chi connectivity index (χ4n) is 1.48. The Morgan fingerprint density at radius 2 is 2.17 bits per heavy atom. The maximum absolute atomic E-state index is 10.8. The Morgan fingerprint density at radius 1 is 1.50 bits per heavy atom. The molecule has 5 heteroatoms. The van der Waals surface area contributed by atoms with Crippen molar-refractivity contribution in [2.75, 3.05) is 7.11 Å². The average molecular weight is 193 g/mol. The van der Waals surface area contributed by atoms with E-state index in [0.29, 0.717) is 5.92 Å². The summed E-state index contributed by atoms with van der Waals surface area (Å²) in [4.78, 5) is 0. The Bertz CT molecular complexity index is 173. The molecule has 12 heavy (non-hydrogen) atoms. The van der Waals surface area contributed by atoms with Gasteiger partial charge in [-0.05, 0) is 18.8 Å².